The summed E-state index contributed by atoms with van der Waals surface area (Å²) in [4.78, 5) is 8.54. The summed E-state index contributed by atoms with van der Waals surface area (Å²) >= 11 is 3.42. The summed E-state index contributed by atoms with van der Waals surface area (Å²) < 4.78 is 34.8. The van der Waals surface area contributed by atoms with E-state index >= 15 is 0 Å². The summed E-state index contributed by atoms with van der Waals surface area (Å²) in [5.41, 5.74) is 1.28. The molecule has 0 spiro atoms. The SMILES string of the molecule is Cn1nc(Br)c2c(NC3CCOC3c3ccc(F)c(F)c3)ncnc21. The highest BCUT2D eigenvalue weighted by Gasteiger charge is 2.31. The van der Waals surface area contributed by atoms with Crippen molar-refractivity contribution in [2.45, 2.75) is 18.6 Å². The Morgan fingerprint density at radius 2 is 2.12 bits per heavy atom. The van der Waals surface area contributed by atoms with Crippen molar-refractivity contribution >= 4 is 32.8 Å². The Labute approximate surface area is 150 Å². The van der Waals surface area contributed by atoms with Crippen molar-refractivity contribution < 1.29 is 13.5 Å². The molecule has 3 aromatic rings. The van der Waals surface area contributed by atoms with Gasteiger partial charge in [-0.05, 0) is 40.0 Å². The van der Waals surface area contributed by atoms with Crippen molar-refractivity contribution in [3.8, 4) is 0 Å². The highest BCUT2D eigenvalue weighted by Crippen LogP contribution is 2.34. The van der Waals surface area contributed by atoms with Gasteiger partial charge in [-0.1, -0.05) is 6.07 Å². The van der Waals surface area contributed by atoms with Crippen LogP contribution in [-0.2, 0) is 11.8 Å². The Hall–Kier alpha value is -2.13. The standard InChI is InChI=1S/C16H14BrF2N5O/c1-24-16-12(14(17)23-24)15(20-7-21-16)22-11-4-5-25-13(11)8-2-3-9(18)10(19)6-8/h2-3,6-7,11,13H,4-5H2,1H3,(H,20,21,22). The van der Waals surface area contributed by atoms with Crippen molar-refractivity contribution in [2.24, 2.45) is 7.05 Å². The summed E-state index contributed by atoms with van der Waals surface area (Å²) in [7, 11) is 1.80. The Kier molecular flexibility index (Phi) is 4.12. The van der Waals surface area contributed by atoms with E-state index in [0.29, 0.717) is 34.7 Å². The Morgan fingerprint density at radius 3 is 2.92 bits per heavy atom. The number of hydrogen-bond acceptors (Lipinski definition) is 5. The third kappa shape index (κ3) is 2.87. The molecule has 0 bridgehead atoms. The third-order valence-corrected chi connectivity index (χ3v) is 4.82. The van der Waals surface area contributed by atoms with Gasteiger partial charge >= 0.3 is 0 Å². The molecule has 0 saturated carbocycles. The van der Waals surface area contributed by atoms with Gasteiger partial charge in [0.25, 0.3) is 0 Å². The van der Waals surface area contributed by atoms with Crippen LogP contribution in [0, 0.1) is 11.6 Å². The minimum Gasteiger partial charge on any atom is -0.371 e. The van der Waals surface area contributed by atoms with Crippen LogP contribution in [0.1, 0.15) is 18.1 Å². The number of halogens is 3. The second-order valence-electron chi connectivity index (χ2n) is 5.84. The number of nitrogens with one attached hydrogen (secondary N) is 1. The quantitative estimate of drug-likeness (QED) is 0.718. The van der Waals surface area contributed by atoms with Gasteiger partial charge < -0.3 is 10.1 Å². The number of aromatic nitrogens is 4. The Bertz CT molecular complexity index is 948. The molecule has 1 aliphatic heterocycles. The molecule has 0 aliphatic carbocycles. The first-order valence-corrected chi connectivity index (χ1v) is 8.50. The molecule has 3 heterocycles. The van der Waals surface area contributed by atoms with Gasteiger partial charge in [-0.2, -0.15) is 5.10 Å². The van der Waals surface area contributed by atoms with Gasteiger partial charge in [0.1, 0.15) is 22.9 Å². The molecule has 1 saturated heterocycles. The number of hydrogen-bond donors (Lipinski definition) is 1. The van der Waals surface area contributed by atoms with Gasteiger partial charge in [-0.3, -0.25) is 0 Å². The average Bonchev–Trinajstić information content (AvgIpc) is 3.16. The molecule has 6 nitrogen and oxygen atoms in total. The second-order valence-corrected chi connectivity index (χ2v) is 6.59. The number of fused-ring (bicyclic) bond motifs is 1. The smallest absolute Gasteiger partial charge is 0.164 e. The fraction of sp³-hybridized carbons (Fsp3) is 0.312. The highest BCUT2D eigenvalue weighted by molar-refractivity contribution is 9.10. The Morgan fingerprint density at radius 1 is 1.28 bits per heavy atom. The summed E-state index contributed by atoms with van der Waals surface area (Å²) in [6, 6.07) is 3.70. The van der Waals surface area contributed by atoms with Gasteiger partial charge in [-0.15, -0.1) is 0 Å². The average molecular weight is 410 g/mol. The van der Waals surface area contributed by atoms with Crippen LogP contribution >= 0.6 is 15.9 Å². The number of ether oxygens (including phenoxy) is 1. The number of rotatable bonds is 3. The molecule has 2 atom stereocenters. The normalized spacial score (nSPS) is 20.3. The van der Waals surface area contributed by atoms with Gasteiger partial charge in [0.15, 0.2) is 17.3 Å². The molecule has 0 amide bonds. The molecule has 9 heteroatoms. The summed E-state index contributed by atoms with van der Waals surface area (Å²) in [6.07, 6.45) is 1.78. The first-order valence-electron chi connectivity index (χ1n) is 7.71. The van der Waals surface area contributed by atoms with Crippen LogP contribution in [0.2, 0.25) is 0 Å². The maximum absolute atomic E-state index is 13.6. The maximum atomic E-state index is 13.6. The van der Waals surface area contributed by atoms with Crippen LogP contribution in [-0.4, -0.2) is 32.4 Å². The number of anilines is 1. The lowest BCUT2D eigenvalue weighted by Crippen LogP contribution is -2.24. The number of benzene rings is 1. The zero-order valence-corrected chi connectivity index (χ0v) is 14.8. The van der Waals surface area contributed by atoms with Crippen molar-refractivity contribution in [1.29, 1.82) is 0 Å². The van der Waals surface area contributed by atoms with Crippen LogP contribution in [0.4, 0.5) is 14.6 Å². The molecular weight excluding hydrogens is 396 g/mol. The molecule has 1 N–H and O–H groups in total. The monoisotopic (exact) mass is 409 g/mol. The molecule has 1 aliphatic rings. The van der Waals surface area contributed by atoms with Crippen molar-refractivity contribution in [2.75, 3.05) is 11.9 Å². The zero-order chi connectivity index (χ0) is 17.6. The number of nitrogens with zero attached hydrogens (tertiary/aromatic N) is 4. The van der Waals surface area contributed by atoms with E-state index in [-0.39, 0.29) is 6.04 Å². The van der Waals surface area contributed by atoms with E-state index < -0.39 is 17.7 Å². The molecule has 2 aromatic heterocycles. The fourth-order valence-electron chi connectivity index (χ4n) is 3.08. The predicted octanol–water partition coefficient (Wildman–Crippen LogP) is 3.35. The molecule has 130 valence electrons. The van der Waals surface area contributed by atoms with E-state index in [1.807, 2.05) is 0 Å². The fourth-order valence-corrected chi connectivity index (χ4v) is 3.68. The van der Waals surface area contributed by atoms with Crippen LogP contribution < -0.4 is 5.32 Å². The van der Waals surface area contributed by atoms with Gasteiger partial charge in [0.2, 0.25) is 0 Å². The van der Waals surface area contributed by atoms with Gasteiger partial charge in [0, 0.05) is 13.7 Å². The molecular formula is C16H14BrF2N5O. The first kappa shape index (κ1) is 16.3. The maximum Gasteiger partial charge on any atom is 0.164 e. The first-order chi connectivity index (χ1) is 12.0. The third-order valence-electron chi connectivity index (χ3n) is 4.26. The topological polar surface area (TPSA) is 64.9 Å². The molecule has 25 heavy (non-hydrogen) atoms. The summed E-state index contributed by atoms with van der Waals surface area (Å²) in [5.74, 6) is -1.14. The van der Waals surface area contributed by atoms with Crippen LogP contribution in [0.15, 0.2) is 29.1 Å². The van der Waals surface area contributed by atoms with E-state index in [1.165, 1.54) is 12.4 Å². The molecule has 0 radical (unpaired) electrons. The minimum atomic E-state index is -0.883. The van der Waals surface area contributed by atoms with E-state index in [1.54, 1.807) is 17.8 Å². The summed E-state index contributed by atoms with van der Waals surface area (Å²) in [6.45, 7) is 0.518. The van der Waals surface area contributed by atoms with Crippen molar-refractivity contribution in [1.82, 2.24) is 19.7 Å². The molecule has 1 fully saturated rings. The zero-order valence-electron chi connectivity index (χ0n) is 13.2. The lowest BCUT2D eigenvalue weighted by atomic mass is 10.0. The van der Waals surface area contributed by atoms with Gasteiger partial charge in [0.05, 0.1) is 11.4 Å². The Balaban J connectivity index is 1.67. The number of aryl methyl sites for hydroxylation is 1. The largest absolute Gasteiger partial charge is 0.371 e. The minimum absolute atomic E-state index is 0.130. The van der Waals surface area contributed by atoms with Crippen LogP contribution in [0.5, 0.6) is 0 Å². The van der Waals surface area contributed by atoms with Crippen molar-refractivity contribution in [3.63, 3.8) is 0 Å². The van der Waals surface area contributed by atoms with Crippen molar-refractivity contribution in [3.05, 3.63) is 46.3 Å². The van der Waals surface area contributed by atoms with E-state index in [2.05, 4.69) is 36.3 Å². The van der Waals surface area contributed by atoms with E-state index in [4.69, 9.17) is 4.74 Å². The van der Waals surface area contributed by atoms with E-state index in [0.717, 1.165) is 11.5 Å². The van der Waals surface area contributed by atoms with Crippen LogP contribution in [0.3, 0.4) is 0 Å². The van der Waals surface area contributed by atoms with Crippen LogP contribution in [0.25, 0.3) is 11.0 Å². The second kappa shape index (κ2) is 6.30. The summed E-state index contributed by atoms with van der Waals surface area (Å²) in [5, 5.41) is 8.40. The lowest BCUT2D eigenvalue weighted by molar-refractivity contribution is 0.107. The lowest BCUT2D eigenvalue weighted by Gasteiger charge is -2.21. The van der Waals surface area contributed by atoms with E-state index in [9.17, 15) is 8.78 Å². The highest BCUT2D eigenvalue weighted by atomic mass is 79.9. The molecule has 2 unspecified atom stereocenters. The van der Waals surface area contributed by atoms with Gasteiger partial charge in [-0.25, -0.2) is 23.4 Å². The predicted molar refractivity (Wildman–Crippen MR) is 91.1 cm³/mol. The molecule has 1 aromatic carbocycles. The molecule has 4 rings (SSSR count).